The maximum absolute atomic E-state index is 10.9. The molecule has 0 radical (unpaired) electrons. The van der Waals surface area contributed by atoms with E-state index in [0.29, 0.717) is 5.56 Å². The van der Waals surface area contributed by atoms with Crippen LogP contribution >= 0.6 is 0 Å². The number of ether oxygens (including phenoxy) is 1. The number of hydrogen-bond acceptors (Lipinski definition) is 5. The molecule has 1 fully saturated rings. The van der Waals surface area contributed by atoms with E-state index in [1.54, 1.807) is 24.3 Å². The zero-order valence-electron chi connectivity index (χ0n) is 11.1. The van der Waals surface area contributed by atoms with Crippen LogP contribution in [0.4, 0.5) is 0 Å². The molecule has 0 atom stereocenters. The Bertz CT molecular complexity index is 505. The summed E-state index contributed by atoms with van der Waals surface area (Å²) in [5, 5.41) is 8.94. The van der Waals surface area contributed by atoms with E-state index in [2.05, 4.69) is 5.43 Å². The molecule has 6 heteroatoms. The fraction of sp³-hybridized carbons (Fsp3) is 0.357. The third kappa shape index (κ3) is 3.21. The maximum Gasteiger partial charge on any atom is 0.355 e. The molecule has 6 N–H and O–H groups in total. The lowest BCUT2D eigenvalue weighted by Gasteiger charge is -2.13. The van der Waals surface area contributed by atoms with Crippen LogP contribution in [-0.4, -0.2) is 17.2 Å². The smallest absolute Gasteiger partial charge is 0.355 e. The van der Waals surface area contributed by atoms with Crippen LogP contribution in [0, 0.1) is 0 Å². The summed E-state index contributed by atoms with van der Waals surface area (Å²) in [5.41, 5.74) is 8.32. The molecule has 1 aromatic rings. The van der Waals surface area contributed by atoms with E-state index < -0.39 is 5.97 Å². The quantitative estimate of drug-likeness (QED) is 0.365. The number of hydrazine groups is 1. The number of carboxylic acid groups (broad SMARTS) is 1. The molecular formula is C14H19N3O3. The summed E-state index contributed by atoms with van der Waals surface area (Å²) in [7, 11) is 0. The van der Waals surface area contributed by atoms with Crippen molar-refractivity contribution in [3.63, 3.8) is 0 Å². The van der Waals surface area contributed by atoms with Gasteiger partial charge in [0.15, 0.2) is 5.70 Å². The molecule has 0 aliphatic heterocycles. The van der Waals surface area contributed by atoms with Gasteiger partial charge in [0.2, 0.25) is 0 Å². The molecule has 0 bridgehead atoms. The van der Waals surface area contributed by atoms with Crippen LogP contribution in [0.3, 0.4) is 0 Å². The molecule has 0 spiro atoms. The number of nitrogens with one attached hydrogen (secondary N) is 1. The molecule has 0 unspecified atom stereocenters. The lowest BCUT2D eigenvalue weighted by atomic mass is 10.1. The molecule has 108 valence electrons. The van der Waals surface area contributed by atoms with Crippen LogP contribution in [0.25, 0.3) is 5.70 Å². The first kappa shape index (κ1) is 14.2. The fourth-order valence-corrected chi connectivity index (χ4v) is 2.31. The van der Waals surface area contributed by atoms with Crippen molar-refractivity contribution < 1.29 is 14.6 Å². The summed E-state index contributed by atoms with van der Waals surface area (Å²) in [5.74, 6) is 4.73. The van der Waals surface area contributed by atoms with E-state index in [9.17, 15) is 4.79 Å². The van der Waals surface area contributed by atoms with Crippen LogP contribution in [-0.2, 0) is 4.79 Å². The number of benzene rings is 1. The summed E-state index contributed by atoms with van der Waals surface area (Å²) < 4.78 is 5.83. The van der Waals surface area contributed by atoms with Crippen LogP contribution < -0.4 is 21.7 Å². The highest BCUT2D eigenvalue weighted by atomic mass is 16.5. The number of aliphatic carboxylic acids is 1. The van der Waals surface area contributed by atoms with Crippen molar-refractivity contribution in [1.82, 2.24) is 5.43 Å². The Morgan fingerprint density at radius 1 is 1.25 bits per heavy atom. The third-order valence-electron chi connectivity index (χ3n) is 3.40. The minimum atomic E-state index is -1.20. The molecule has 0 saturated heterocycles. The highest BCUT2D eigenvalue weighted by Crippen LogP contribution is 2.25. The van der Waals surface area contributed by atoms with Gasteiger partial charge in [-0.25, -0.2) is 4.79 Å². The molecule has 0 aromatic heterocycles. The Labute approximate surface area is 117 Å². The molecule has 1 aromatic carbocycles. The molecule has 1 saturated carbocycles. The van der Waals surface area contributed by atoms with Crippen LogP contribution in [0.1, 0.15) is 31.2 Å². The van der Waals surface area contributed by atoms with Crippen molar-refractivity contribution in [3.8, 4) is 5.75 Å². The van der Waals surface area contributed by atoms with Crippen molar-refractivity contribution in [3.05, 3.63) is 35.5 Å². The average molecular weight is 277 g/mol. The monoisotopic (exact) mass is 277 g/mol. The molecule has 0 heterocycles. The van der Waals surface area contributed by atoms with Gasteiger partial charge in [-0.1, -0.05) is 0 Å². The van der Waals surface area contributed by atoms with Gasteiger partial charge in [0.05, 0.1) is 11.8 Å². The lowest BCUT2D eigenvalue weighted by Crippen LogP contribution is -2.29. The van der Waals surface area contributed by atoms with Gasteiger partial charge >= 0.3 is 5.97 Å². The van der Waals surface area contributed by atoms with Gasteiger partial charge in [-0.3, -0.25) is 5.84 Å². The molecule has 1 aliphatic carbocycles. The number of nitrogens with two attached hydrogens (primary N) is 2. The Hall–Kier alpha value is -2.21. The van der Waals surface area contributed by atoms with Crippen molar-refractivity contribution in [2.24, 2.45) is 11.6 Å². The Morgan fingerprint density at radius 3 is 2.35 bits per heavy atom. The second kappa shape index (κ2) is 6.29. The number of carbonyl (C=O) groups is 1. The molecule has 0 amide bonds. The van der Waals surface area contributed by atoms with Gasteiger partial charge in [0.25, 0.3) is 0 Å². The van der Waals surface area contributed by atoms with Gasteiger partial charge in [0.1, 0.15) is 5.75 Å². The summed E-state index contributed by atoms with van der Waals surface area (Å²) in [4.78, 5) is 10.9. The molecular weight excluding hydrogens is 258 g/mol. The topological polar surface area (TPSA) is 111 Å². The van der Waals surface area contributed by atoms with Crippen molar-refractivity contribution >= 4 is 11.7 Å². The van der Waals surface area contributed by atoms with Gasteiger partial charge in [0, 0.05) is 5.56 Å². The number of rotatable bonds is 5. The average Bonchev–Trinajstić information content (AvgIpc) is 2.92. The van der Waals surface area contributed by atoms with E-state index in [1.807, 2.05) is 0 Å². The zero-order valence-corrected chi connectivity index (χ0v) is 11.1. The van der Waals surface area contributed by atoms with E-state index in [0.717, 1.165) is 18.6 Å². The van der Waals surface area contributed by atoms with E-state index >= 15 is 0 Å². The van der Waals surface area contributed by atoms with E-state index in [-0.39, 0.29) is 17.5 Å². The predicted octanol–water partition coefficient (Wildman–Crippen LogP) is 1.18. The molecule has 6 nitrogen and oxygen atoms in total. The van der Waals surface area contributed by atoms with Gasteiger partial charge in [-0.2, -0.15) is 0 Å². The fourth-order valence-electron chi connectivity index (χ4n) is 2.31. The Morgan fingerprint density at radius 2 is 1.85 bits per heavy atom. The van der Waals surface area contributed by atoms with Crippen LogP contribution in [0.2, 0.25) is 0 Å². The normalized spacial score (nSPS) is 16.6. The van der Waals surface area contributed by atoms with Crippen molar-refractivity contribution in [2.75, 3.05) is 0 Å². The first-order valence-electron chi connectivity index (χ1n) is 6.58. The number of carboxylic acids is 1. The first-order valence-corrected chi connectivity index (χ1v) is 6.58. The van der Waals surface area contributed by atoms with E-state index in [4.69, 9.17) is 21.4 Å². The summed E-state index contributed by atoms with van der Waals surface area (Å²) in [6.07, 6.45) is 4.88. The van der Waals surface area contributed by atoms with Crippen LogP contribution in [0.15, 0.2) is 30.0 Å². The SMILES string of the molecule is NN/C(C(=O)O)=C(\N)c1ccc(OC2CCCC2)cc1. The summed E-state index contributed by atoms with van der Waals surface area (Å²) in [6, 6.07) is 7.02. The van der Waals surface area contributed by atoms with Crippen molar-refractivity contribution in [2.45, 2.75) is 31.8 Å². The van der Waals surface area contributed by atoms with Gasteiger partial charge < -0.3 is 21.0 Å². The zero-order chi connectivity index (χ0) is 14.5. The first-order chi connectivity index (χ1) is 9.61. The summed E-state index contributed by atoms with van der Waals surface area (Å²) >= 11 is 0. The molecule has 2 rings (SSSR count). The summed E-state index contributed by atoms with van der Waals surface area (Å²) in [6.45, 7) is 0. The minimum absolute atomic E-state index is 0.0902. The number of hydrogen-bond donors (Lipinski definition) is 4. The van der Waals surface area contributed by atoms with Gasteiger partial charge in [-0.15, -0.1) is 0 Å². The molecule has 1 aliphatic rings. The molecule has 20 heavy (non-hydrogen) atoms. The highest BCUT2D eigenvalue weighted by Gasteiger charge is 2.17. The lowest BCUT2D eigenvalue weighted by molar-refractivity contribution is -0.133. The Balaban J connectivity index is 2.12. The second-order valence-corrected chi connectivity index (χ2v) is 4.79. The van der Waals surface area contributed by atoms with Crippen molar-refractivity contribution in [1.29, 1.82) is 0 Å². The Kier molecular flexibility index (Phi) is 4.47. The third-order valence-corrected chi connectivity index (χ3v) is 3.40. The largest absolute Gasteiger partial charge is 0.490 e. The second-order valence-electron chi connectivity index (χ2n) is 4.79. The van der Waals surface area contributed by atoms with E-state index in [1.165, 1.54) is 12.8 Å². The van der Waals surface area contributed by atoms with Crippen LogP contribution in [0.5, 0.6) is 5.75 Å². The maximum atomic E-state index is 10.9. The van der Waals surface area contributed by atoms with Gasteiger partial charge in [-0.05, 0) is 49.9 Å². The minimum Gasteiger partial charge on any atom is -0.490 e. The standard InChI is InChI=1S/C14H19N3O3/c15-12(13(17-16)14(18)19)9-5-7-11(8-6-9)20-10-3-1-2-4-10/h5-8,10,17H,1-4,15-16H2,(H,18,19)/b13-12-. The highest BCUT2D eigenvalue weighted by molar-refractivity contribution is 5.94. The predicted molar refractivity (Wildman–Crippen MR) is 75.4 cm³/mol.